The van der Waals surface area contributed by atoms with Crippen molar-refractivity contribution in [1.29, 1.82) is 0 Å². The third kappa shape index (κ3) is 5.67. The molecule has 5 heteroatoms. The van der Waals surface area contributed by atoms with E-state index < -0.39 is 17.4 Å². The number of nitrogens with one attached hydrogen (secondary N) is 1. The van der Waals surface area contributed by atoms with E-state index in [-0.39, 0.29) is 17.1 Å². The molecule has 0 aliphatic carbocycles. The Morgan fingerprint density at radius 2 is 1.63 bits per heavy atom. The fraction of sp³-hybridized carbons (Fsp3) is 0.800. The zero-order chi connectivity index (χ0) is 23.0. The number of hydrogen-bond acceptors (Lipinski definition) is 4. The summed E-state index contributed by atoms with van der Waals surface area (Å²) >= 11 is 0. The maximum Gasteiger partial charge on any atom is 0.413 e. The van der Waals surface area contributed by atoms with Gasteiger partial charge in [-0.1, -0.05) is 23.3 Å². The summed E-state index contributed by atoms with van der Waals surface area (Å²) in [6.07, 6.45) is 9.08. The second-order valence-electron chi connectivity index (χ2n) is 11.4. The number of rotatable bonds is 7. The number of carbonyl (C=O) groups excluding carboxylic acids is 1. The van der Waals surface area contributed by atoms with Crippen molar-refractivity contribution >= 4 is 6.09 Å². The predicted molar refractivity (Wildman–Crippen MR) is 123 cm³/mol. The molecule has 0 bridgehead atoms. The molecule has 0 aromatic rings. The Morgan fingerprint density at radius 1 is 1.07 bits per heavy atom. The van der Waals surface area contributed by atoms with E-state index in [4.69, 9.17) is 4.74 Å². The Kier molecular flexibility index (Phi) is 7.20. The summed E-state index contributed by atoms with van der Waals surface area (Å²) in [7, 11) is 0. The number of ether oxygens (including phenoxy) is 1. The Labute approximate surface area is 183 Å². The number of hydrogen-bond donors (Lipinski definition) is 2. The number of aliphatic hydroxyl groups is 1. The standard InChI is InChI=1S/C25H44N2O3/c1-18(2)12-10-13-19(3)14-11-15-24(8)25(9,29)27(21(28)30-24)20-16-22(4,5)26-23(6,7)17-20/h12,14,20,26,29H,10-11,13,15-17H2,1-9H3/b19-14+/t24-,25+/m1/s1. The molecule has 30 heavy (non-hydrogen) atoms. The van der Waals surface area contributed by atoms with E-state index in [1.54, 1.807) is 11.8 Å². The molecule has 0 unspecified atom stereocenters. The third-order valence-electron chi connectivity index (χ3n) is 6.72. The van der Waals surface area contributed by atoms with Crippen LogP contribution in [0.25, 0.3) is 0 Å². The van der Waals surface area contributed by atoms with E-state index in [0.717, 1.165) is 32.1 Å². The maximum absolute atomic E-state index is 12.9. The lowest BCUT2D eigenvalue weighted by Crippen LogP contribution is -2.66. The van der Waals surface area contributed by atoms with Crippen LogP contribution in [0.3, 0.4) is 0 Å². The number of piperidine rings is 1. The van der Waals surface area contributed by atoms with Crippen molar-refractivity contribution < 1.29 is 14.6 Å². The number of cyclic esters (lactones) is 1. The van der Waals surface area contributed by atoms with Gasteiger partial charge < -0.3 is 15.2 Å². The first kappa shape index (κ1) is 24.9. The van der Waals surface area contributed by atoms with Gasteiger partial charge in [0, 0.05) is 17.1 Å². The summed E-state index contributed by atoms with van der Waals surface area (Å²) in [6.45, 7) is 18.6. The Morgan fingerprint density at radius 3 is 2.17 bits per heavy atom. The zero-order valence-corrected chi connectivity index (χ0v) is 20.7. The van der Waals surface area contributed by atoms with E-state index in [9.17, 15) is 9.90 Å². The molecule has 0 saturated carbocycles. The van der Waals surface area contributed by atoms with Crippen molar-refractivity contribution in [3.63, 3.8) is 0 Å². The first-order chi connectivity index (χ1) is 13.6. The van der Waals surface area contributed by atoms with E-state index in [1.807, 2.05) is 6.92 Å². The molecule has 2 aliphatic heterocycles. The molecule has 1 amide bonds. The lowest BCUT2D eigenvalue weighted by atomic mass is 9.77. The fourth-order valence-electron chi connectivity index (χ4n) is 5.30. The van der Waals surface area contributed by atoms with Crippen LogP contribution in [-0.4, -0.2) is 44.5 Å². The monoisotopic (exact) mass is 420 g/mol. The van der Waals surface area contributed by atoms with E-state index in [2.05, 4.69) is 65.9 Å². The first-order valence-corrected chi connectivity index (χ1v) is 11.4. The van der Waals surface area contributed by atoms with Crippen LogP contribution >= 0.6 is 0 Å². The van der Waals surface area contributed by atoms with Crippen LogP contribution in [0.2, 0.25) is 0 Å². The second kappa shape index (κ2) is 8.66. The van der Waals surface area contributed by atoms with Gasteiger partial charge in [-0.2, -0.15) is 0 Å². The van der Waals surface area contributed by atoms with E-state index >= 15 is 0 Å². The summed E-state index contributed by atoms with van der Waals surface area (Å²) in [6, 6.07) is -0.0677. The van der Waals surface area contributed by atoms with E-state index in [1.165, 1.54) is 11.1 Å². The van der Waals surface area contributed by atoms with Gasteiger partial charge in [-0.3, -0.25) is 4.90 Å². The minimum absolute atomic E-state index is 0.0677. The smallest absolute Gasteiger partial charge is 0.413 e. The quantitative estimate of drug-likeness (QED) is 0.520. The average molecular weight is 421 g/mol. The van der Waals surface area contributed by atoms with Gasteiger partial charge in [0.25, 0.3) is 0 Å². The number of carbonyl (C=O) groups is 1. The van der Waals surface area contributed by atoms with Crippen molar-refractivity contribution in [3.05, 3.63) is 23.3 Å². The highest BCUT2D eigenvalue weighted by atomic mass is 16.6. The van der Waals surface area contributed by atoms with Crippen LogP contribution in [0.4, 0.5) is 4.79 Å². The highest BCUT2D eigenvalue weighted by molar-refractivity contribution is 5.72. The number of allylic oxidation sites excluding steroid dienone is 4. The van der Waals surface area contributed by atoms with Crippen molar-refractivity contribution in [2.45, 2.75) is 129 Å². The lowest BCUT2D eigenvalue weighted by molar-refractivity contribution is -0.154. The third-order valence-corrected chi connectivity index (χ3v) is 6.72. The van der Waals surface area contributed by atoms with Crippen LogP contribution in [-0.2, 0) is 4.74 Å². The summed E-state index contributed by atoms with van der Waals surface area (Å²) < 4.78 is 5.84. The molecule has 0 radical (unpaired) electrons. The van der Waals surface area contributed by atoms with Gasteiger partial charge in [-0.05, 0) is 101 Å². The molecule has 5 nitrogen and oxygen atoms in total. The summed E-state index contributed by atoms with van der Waals surface area (Å²) in [5.74, 6) is 0. The van der Waals surface area contributed by atoms with E-state index in [0.29, 0.717) is 6.42 Å². The van der Waals surface area contributed by atoms with Crippen molar-refractivity contribution in [2.75, 3.05) is 0 Å². The Hall–Kier alpha value is -1.33. The largest absolute Gasteiger partial charge is 0.438 e. The van der Waals surface area contributed by atoms with Gasteiger partial charge in [-0.15, -0.1) is 0 Å². The molecule has 2 heterocycles. The molecule has 0 aromatic heterocycles. The van der Waals surface area contributed by atoms with Crippen molar-refractivity contribution in [1.82, 2.24) is 10.2 Å². The van der Waals surface area contributed by atoms with Gasteiger partial charge in [0.2, 0.25) is 0 Å². The van der Waals surface area contributed by atoms with Crippen molar-refractivity contribution in [2.24, 2.45) is 0 Å². The normalized spacial score (nSPS) is 31.6. The number of nitrogens with zero attached hydrogens (tertiary/aromatic N) is 1. The van der Waals surface area contributed by atoms with Crippen molar-refractivity contribution in [3.8, 4) is 0 Å². The van der Waals surface area contributed by atoms with Crippen LogP contribution in [0.15, 0.2) is 23.3 Å². The lowest BCUT2D eigenvalue weighted by Gasteiger charge is -2.51. The van der Waals surface area contributed by atoms with Crippen LogP contribution in [0.1, 0.15) is 101 Å². The minimum atomic E-state index is -1.35. The molecule has 2 aliphatic rings. The summed E-state index contributed by atoms with van der Waals surface area (Å²) in [5.41, 5.74) is 0.161. The molecule has 2 atom stereocenters. The highest BCUT2D eigenvalue weighted by Crippen LogP contribution is 2.45. The van der Waals surface area contributed by atoms with Crippen LogP contribution in [0.5, 0.6) is 0 Å². The SMILES string of the molecule is CC(C)=CCC/C(C)=C/CC[C@@]1(C)OC(=O)N(C2CC(C)(C)NC(C)(C)C2)[C@@]1(C)O. The molecular weight excluding hydrogens is 376 g/mol. The molecule has 0 aromatic carbocycles. The molecule has 172 valence electrons. The molecule has 2 N–H and O–H groups in total. The molecular formula is C25H44N2O3. The van der Waals surface area contributed by atoms with Crippen LogP contribution < -0.4 is 5.32 Å². The molecule has 2 saturated heterocycles. The molecule has 2 rings (SSSR count). The molecule has 0 spiro atoms. The fourth-order valence-corrected chi connectivity index (χ4v) is 5.30. The first-order valence-electron chi connectivity index (χ1n) is 11.4. The Bertz CT molecular complexity index is 685. The predicted octanol–water partition coefficient (Wildman–Crippen LogP) is 5.69. The minimum Gasteiger partial charge on any atom is -0.438 e. The topological polar surface area (TPSA) is 61.8 Å². The Balaban J connectivity index is 2.10. The number of amides is 1. The van der Waals surface area contributed by atoms with Gasteiger partial charge in [0.05, 0.1) is 0 Å². The molecule has 2 fully saturated rings. The summed E-state index contributed by atoms with van der Waals surface area (Å²) in [4.78, 5) is 14.5. The summed E-state index contributed by atoms with van der Waals surface area (Å²) in [5, 5.41) is 15.2. The average Bonchev–Trinajstić information content (AvgIpc) is 2.68. The van der Waals surface area contributed by atoms with Gasteiger partial charge in [-0.25, -0.2) is 4.79 Å². The van der Waals surface area contributed by atoms with Gasteiger partial charge >= 0.3 is 6.09 Å². The van der Waals surface area contributed by atoms with Gasteiger partial charge in [0.15, 0.2) is 11.3 Å². The maximum atomic E-state index is 12.9. The zero-order valence-electron chi connectivity index (χ0n) is 20.7. The van der Waals surface area contributed by atoms with Crippen LogP contribution in [0, 0.1) is 0 Å². The van der Waals surface area contributed by atoms with Gasteiger partial charge in [0.1, 0.15) is 0 Å². The highest BCUT2D eigenvalue weighted by Gasteiger charge is 2.61. The second-order valence-corrected chi connectivity index (χ2v) is 11.4.